The van der Waals surface area contributed by atoms with Gasteiger partial charge in [0, 0.05) is 17.0 Å². The molecule has 0 radical (unpaired) electrons. The summed E-state index contributed by atoms with van der Waals surface area (Å²) in [6, 6.07) is 14.0. The summed E-state index contributed by atoms with van der Waals surface area (Å²) in [5.74, 6) is 0.610. The van der Waals surface area contributed by atoms with Gasteiger partial charge in [0.25, 0.3) is 0 Å². The van der Waals surface area contributed by atoms with Crippen molar-refractivity contribution in [1.29, 1.82) is 0 Å². The lowest BCUT2D eigenvalue weighted by atomic mass is 9.96. The summed E-state index contributed by atoms with van der Waals surface area (Å²) in [4.78, 5) is 21.8. The fourth-order valence-electron chi connectivity index (χ4n) is 3.27. The van der Waals surface area contributed by atoms with E-state index in [1.54, 1.807) is 0 Å². The largest absolute Gasteiger partial charge is 0.399 e. The lowest BCUT2D eigenvalue weighted by Gasteiger charge is -2.26. The highest BCUT2D eigenvalue weighted by Crippen LogP contribution is 2.19. The average Bonchev–Trinajstić information content (AvgIpc) is 2.70. The van der Waals surface area contributed by atoms with Crippen LogP contribution in [0, 0.1) is 12.8 Å². The molecule has 0 unspecified atom stereocenters. The molecule has 29 heavy (non-hydrogen) atoms. The van der Waals surface area contributed by atoms with Crippen LogP contribution in [0.4, 0.5) is 0 Å². The minimum absolute atomic E-state index is 0.225. The number of nitrogens with zero attached hydrogens (tertiary/aromatic N) is 2. The Balaban J connectivity index is 1.72. The van der Waals surface area contributed by atoms with Crippen LogP contribution in [0.25, 0.3) is 0 Å². The number of carbonyl (C=O) groups excluding carboxylic acids is 1. The summed E-state index contributed by atoms with van der Waals surface area (Å²) < 4.78 is 5.26. The summed E-state index contributed by atoms with van der Waals surface area (Å²) in [6.07, 6.45) is 1.69. The van der Waals surface area contributed by atoms with Gasteiger partial charge in [0.1, 0.15) is 19.4 Å². The van der Waals surface area contributed by atoms with E-state index in [4.69, 9.17) is 14.4 Å². The number of ether oxygens (including phenoxy) is 1. The van der Waals surface area contributed by atoms with Crippen molar-refractivity contribution in [3.05, 3.63) is 70.3 Å². The van der Waals surface area contributed by atoms with Gasteiger partial charge >= 0.3 is 0 Å². The third kappa shape index (κ3) is 5.29. The van der Waals surface area contributed by atoms with Gasteiger partial charge in [-0.25, -0.2) is 0 Å². The Kier molecular flexibility index (Phi) is 7.14. The maximum absolute atomic E-state index is 11.4. The molecule has 152 valence electrons. The fraction of sp³-hybridized carbons (Fsp3) is 0.348. The van der Waals surface area contributed by atoms with Crippen LogP contribution in [0.1, 0.15) is 34.7 Å². The molecule has 0 bridgehead atoms. The van der Waals surface area contributed by atoms with Crippen LogP contribution in [0.2, 0.25) is 0 Å². The highest BCUT2D eigenvalue weighted by molar-refractivity contribution is 6.36. The molecule has 3 rings (SSSR count). The smallest absolute Gasteiger partial charge is 0.172 e. The van der Waals surface area contributed by atoms with E-state index in [1.807, 2.05) is 44.2 Å². The molecule has 0 amide bonds. The van der Waals surface area contributed by atoms with E-state index in [9.17, 15) is 4.79 Å². The normalized spacial score (nSPS) is 15.0. The number of aldehydes is 1. The molecule has 6 heteroatoms. The summed E-state index contributed by atoms with van der Waals surface area (Å²) in [5.41, 5.74) is 5.85. The van der Waals surface area contributed by atoms with Crippen LogP contribution in [0.3, 0.4) is 0 Å². The van der Waals surface area contributed by atoms with Gasteiger partial charge in [-0.05, 0) is 43.0 Å². The van der Waals surface area contributed by atoms with E-state index >= 15 is 0 Å². The maximum atomic E-state index is 11.4. The number of carbonyl (C=O) groups is 1. The number of rotatable bonds is 9. The average molecular weight is 394 g/mol. The summed E-state index contributed by atoms with van der Waals surface area (Å²) >= 11 is 0. The van der Waals surface area contributed by atoms with Gasteiger partial charge in [-0.2, -0.15) is 0 Å². The van der Waals surface area contributed by atoms with Crippen molar-refractivity contribution < 1.29 is 19.2 Å². The van der Waals surface area contributed by atoms with E-state index in [2.05, 4.69) is 22.4 Å². The van der Waals surface area contributed by atoms with Crippen LogP contribution in [0.15, 0.2) is 52.8 Å². The molecule has 0 atom stereocenters. The van der Waals surface area contributed by atoms with Gasteiger partial charge in [-0.3, -0.25) is 4.79 Å². The number of hydrogen-bond acceptors (Lipinski definition) is 6. The van der Waals surface area contributed by atoms with Crippen LogP contribution in [-0.4, -0.2) is 38.0 Å². The Labute approximate surface area is 171 Å². The summed E-state index contributed by atoms with van der Waals surface area (Å²) in [7, 11) is 1.41. The van der Waals surface area contributed by atoms with Gasteiger partial charge in [-0.15, -0.1) is 0 Å². The third-order valence-electron chi connectivity index (χ3n) is 4.97. The Hall–Kier alpha value is -2.99. The first kappa shape index (κ1) is 20.7. The first-order valence-corrected chi connectivity index (χ1v) is 9.61. The molecule has 1 fully saturated rings. The lowest BCUT2D eigenvalue weighted by molar-refractivity contribution is -0.102. The second-order valence-electron chi connectivity index (χ2n) is 7.14. The monoisotopic (exact) mass is 394 g/mol. The molecule has 2 aromatic rings. The first-order valence-electron chi connectivity index (χ1n) is 9.61. The summed E-state index contributed by atoms with van der Waals surface area (Å²) in [6.45, 7) is 5.80. The Morgan fingerprint density at radius 2 is 2.00 bits per heavy atom. The van der Waals surface area contributed by atoms with E-state index in [0.29, 0.717) is 17.8 Å². The van der Waals surface area contributed by atoms with Crippen molar-refractivity contribution in [2.24, 2.45) is 16.2 Å². The van der Waals surface area contributed by atoms with Crippen LogP contribution in [0.5, 0.6) is 0 Å². The molecule has 1 aliphatic heterocycles. The summed E-state index contributed by atoms with van der Waals surface area (Å²) in [5, 5.41) is 8.09. The number of hydrogen-bond donors (Lipinski definition) is 0. The zero-order chi connectivity index (χ0) is 20.6. The van der Waals surface area contributed by atoms with Crippen LogP contribution >= 0.6 is 0 Å². The fourth-order valence-corrected chi connectivity index (χ4v) is 3.27. The Morgan fingerprint density at radius 1 is 1.21 bits per heavy atom. The van der Waals surface area contributed by atoms with Gasteiger partial charge in [0.05, 0.1) is 18.9 Å². The number of aryl methyl sites for hydroxylation is 1. The molecule has 0 aliphatic carbocycles. The molecular weight excluding hydrogens is 368 g/mol. The minimum Gasteiger partial charge on any atom is -0.399 e. The number of oxime groups is 2. The predicted octanol–water partition coefficient (Wildman–Crippen LogP) is 3.67. The van der Waals surface area contributed by atoms with Crippen molar-refractivity contribution in [2.45, 2.75) is 26.9 Å². The maximum Gasteiger partial charge on any atom is 0.172 e. The topological polar surface area (TPSA) is 69.5 Å². The molecule has 1 aliphatic rings. The van der Waals surface area contributed by atoms with E-state index in [1.165, 1.54) is 12.7 Å². The molecule has 2 aromatic carbocycles. The minimum atomic E-state index is 0.225. The molecule has 0 saturated carbocycles. The van der Waals surface area contributed by atoms with E-state index in [0.717, 1.165) is 42.0 Å². The molecule has 1 heterocycles. The van der Waals surface area contributed by atoms with Gasteiger partial charge in [0.15, 0.2) is 6.29 Å². The molecule has 6 nitrogen and oxygen atoms in total. The van der Waals surface area contributed by atoms with Crippen molar-refractivity contribution in [2.75, 3.05) is 20.3 Å². The Bertz CT molecular complexity index is 917. The van der Waals surface area contributed by atoms with Crippen LogP contribution in [-0.2, 0) is 32.2 Å². The standard InChI is InChI=1S/C23H26N2O4/c1-16-6-4-9-21(23(12-26)25-27-3)22(16)15-29-24-17(2)20-8-5-7-18(11-20)10-19-13-28-14-19/h4-9,11-12,19H,10,13-15H2,1-3H3/b24-17+,25-23-. The first-order chi connectivity index (χ1) is 14.1. The zero-order valence-corrected chi connectivity index (χ0v) is 17.1. The molecule has 1 saturated heterocycles. The van der Waals surface area contributed by atoms with Gasteiger partial charge in [0.2, 0.25) is 0 Å². The predicted molar refractivity (Wildman–Crippen MR) is 112 cm³/mol. The molecular formula is C23H26N2O4. The highest BCUT2D eigenvalue weighted by Gasteiger charge is 2.18. The quantitative estimate of drug-likeness (QED) is 0.370. The zero-order valence-electron chi connectivity index (χ0n) is 17.1. The van der Waals surface area contributed by atoms with Crippen LogP contribution < -0.4 is 0 Å². The van der Waals surface area contributed by atoms with Gasteiger partial charge in [-0.1, -0.05) is 46.7 Å². The second kappa shape index (κ2) is 9.98. The number of benzene rings is 2. The highest BCUT2D eigenvalue weighted by atomic mass is 16.6. The molecule has 0 aromatic heterocycles. The third-order valence-corrected chi connectivity index (χ3v) is 4.97. The Morgan fingerprint density at radius 3 is 2.69 bits per heavy atom. The van der Waals surface area contributed by atoms with Crippen molar-refractivity contribution in [3.63, 3.8) is 0 Å². The van der Waals surface area contributed by atoms with Crippen molar-refractivity contribution in [3.8, 4) is 0 Å². The second-order valence-corrected chi connectivity index (χ2v) is 7.14. The van der Waals surface area contributed by atoms with Crippen molar-refractivity contribution in [1.82, 2.24) is 0 Å². The van der Waals surface area contributed by atoms with E-state index < -0.39 is 0 Å². The lowest BCUT2D eigenvalue weighted by Crippen LogP contribution is -2.29. The SMILES string of the molecule is CO/N=C(/C=O)c1cccc(C)c1CO/N=C(\C)c1cccc(CC2COC2)c1. The van der Waals surface area contributed by atoms with Crippen molar-refractivity contribution >= 4 is 17.7 Å². The molecule has 0 spiro atoms. The molecule has 0 N–H and O–H groups in total. The van der Waals surface area contributed by atoms with Gasteiger partial charge < -0.3 is 14.4 Å². The van der Waals surface area contributed by atoms with E-state index in [-0.39, 0.29) is 12.3 Å².